The maximum Gasteiger partial charge on any atom is 0.309 e. The first-order valence-electron chi connectivity index (χ1n) is 9.09. The highest BCUT2D eigenvalue weighted by Crippen LogP contribution is 2.20. The summed E-state index contributed by atoms with van der Waals surface area (Å²) in [6.07, 6.45) is 3.68. The molecule has 3 rings (SSSR count). The Hall–Kier alpha value is -2.45. The van der Waals surface area contributed by atoms with Crippen molar-refractivity contribution in [2.24, 2.45) is 5.92 Å². The van der Waals surface area contributed by atoms with Crippen LogP contribution in [0.1, 0.15) is 40.5 Å². The van der Waals surface area contributed by atoms with Gasteiger partial charge in [0.25, 0.3) is 5.91 Å². The summed E-state index contributed by atoms with van der Waals surface area (Å²) in [4.78, 5) is 29.1. The first-order chi connectivity index (χ1) is 13.4. The second-order valence-corrected chi connectivity index (χ2v) is 8.91. The third-order valence-corrected chi connectivity index (χ3v) is 5.86. The van der Waals surface area contributed by atoms with E-state index in [2.05, 4.69) is 41.8 Å². The smallest absolute Gasteiger partial charge is 0.309 e. The number of nitrogens with one attached hydrogen (secondary N) is 1. The number of amides is 1. The van der Waals surface area contributed by atoms with Crippen LogP contribution in [0.5, 0.6) is 0 Å². The van der Waals surface area contributed by atoms with Gasteiger partial charge < -0.3 is 9.67 Å². The lowest BCUT2D eigenvalue weighted by molar-refractivity contribution is -0.136. The molecule has 3 aromatic heterocycles. The highest BCUT2D eigenvalue weighted by molar-refractivity contribution is 7.14. The number of carbonyl (C=O) groups excluding carboxylic acids is 1. The molecule has 0 aromatic carbocycles. The van der Waals surface area contributed by atoms with E-state index < -0.39 is 5.97 Å². The molecule has 0 spiro atoms. The molecular weight excluding hydrogens is 394 g/mol. The molecule has 0 saturated carbocycles. The van der Waals surface area contributed by atoms with E-state index in [1.54, 1.807) is 16.7 Å². The summed E-state index contributed by atoms with van der Waals surface area (Å²) in [6.45, 7) is 5.04. The van der Waals surface area contributed by atoms with Crippen LogP contribution in [0, 0.1) is 5.92 Å². The minimum atomic E-state index is -0.941. The number of rotatable bonds is 9. The Kier molecular flexibility index (Phi) is 6.64. The van der Waals surface area contributed by atoms with E-state index in [-0.39, 0.29) is 12.3 Å². The summed E-state index contributed by atoms with van der Waals surface area (Å²) in [6, 6.07) is 6.07. The minimum absolute atomic E-state index is 0.151. The second kappa shape index (κ2) is 9.16. The number of hydrogen-bond acceptors (Lipinski definition) is 5. The Morgan fingerprint density at radius 1 is 1.32 bits per heavy atom. The Labute approximate surface area is 171 Å². The highest BCUT2D eigenvalue weighted by Gasteiger charge is 2.17. The number of thiazole rings is 1. The summed E-state index contributed by atoms with van der Waals surface area (Å²) in [7, 11) is 0. The van der Waals surface area contributed by atoms with Gasteiger partial charge in [-0.2, -0.15) is 0 Å². The molecule has 3 heterocycles. The van der Waals surface area contributed by atoms with Crippen molar-refractivity contribution in [3.05, 3.63) is 57.0 Å². The molecule has 0 unspecified atom stereocenters. The number of thiophene rings is 1. The van der Waals surface area contributed by atoms with E-state index in [1.807, 2.05) is 16.7 Å². The summed E-state index contributed by atoms with van der Waals surface area (Å²) in [5.41, 5.74) is 2.18. The number of carboxylic acid groups (broad SMARTS) is 1. The molecule has 0 aliphatic carbocycles. The van der Waals surface area contributed by atoms with Crippen LogP contribution in [0.3, 0.4) is 0 Å². The van der Waals surface area contributed by atoms with Crippen molar-refractivity contribution in [2.75, 3.05) is 5.32 Å². The number of aryl methyl sites for hydroxylation is 2. The van der Waals surface area contributed by atoms with Crippen LogP contribution < -0.4 is 5.32 Å². The van der Waals surface area contributed by atoms with Crippen LogP contribution in [0.15, 0.2) is 35.2 Å². The van der Waals surface area contributed by atoms with Crippen molar-refractivity contribution in [3.8, 4) is 0 Å². The maximum absolute atomic E-state index is 12.8. The predicted molar refractivity (Wildman–Crippen MR) is 112 cm³/mol. The molecule has 0 aliphatic heterocycles. The van der Waals surface area contributed by atoms with Gasteiger partial charge in [-0.1, -0.05) is 19.9 Å². The number of hydrogen-bond donors (Lipinski definition) is 2. The van der Waals surface area contributed by atoms with Crippen LogP contribution in [0.2, 0.25) is 0 Å². The third-order valence-electron chi connectivity index (χ3n) is 4.11. The van der Waals surface area contributed by atoms with Gasteiger partial charge in [-0.3, -0.25) is 14.9 Å². The lowest BCUT2D eigenvalue weighted by atomic mass is 10.1. The molecule has 0 radical (unpaired) electrons. The lowest BCUT2D eigenvalue weighted by Crippen LogP contribution is -2.17. The molecule has 0 bridgehead atoms. The number of carbonyl (C=O) groups is 2. The Morgan fingerprint density at radius 3 is 2.82 bits per heavy atom. The van der Waals surface area contributed by atoms with Crippen molar-refractivity contribution in [1.29, 1.82) is 0 Å². The van der Waals surface area contributed by atoms with E-state index >= 15 is 0 Å². The predicted octanol–water partition coefficient (Wildman–Crippen LogP) is 4.33. The Bertz CT molecular complexity index is 942. The van der Waals surface area contributed by atoms with Gasteiger partial charge in [0.1, 0.15) is 5.69 Å². The van der Waals surface area contributed by atoms with Gasteiger partial charge in [-0.25, -0.2) is 4.98 Å². The van der Waals surface area contributed by atoms with Crippen LogP contribution in [-0.4, -0.2) is 26.5 Å². The Morgan fingerprint density at radius 2 is 2.14 bits per heavy atom. The van der Waals surface area contributed by atoms with E-state index in [9.17, 15) is 9.59 Å². The molecule has 1 amide bonds. The molecule has 0 aliphatic rings. The standard InChI is InChI=1S/C20H23N3O3S2/c1-13(2)8-14-9-17(23(11-14)6-5-16-4-3-7-27-16)19(26)22-20-21-15(12-28-20)10-18(24)25/h3-4,7,9,11-13H,5-6,8,10H2,1-2H3,(H,24,25)(H,21,22,26). The van der Waals surface area contributed by atoms with E-state index in [0.717, 1.165) is 24.9 Å². The van der Waals surface area contributed by atoms with Gasteiger partial charge in [0, 0.05) is 23.0 Å². The van der Waals surface area contributed by atoms with Crippen LogP contribution in [0.25, 0.3) is 0 Å². The van der Waals surface area contributed by atoms with Crippen molar-refractivity contribution >= 4 is 39.7 Å². The molecule has 0 saturated heterocycles. The number of aliphatic carboxylic acids is 1. The van der Waals surface area contributed by atoms with Gasteiger partial charge in [0.15, 0.2) is 5.13 Å². The third kappa shape index (κ3) is 5.53. The quantitative estimate of drug-likeness (QED) is 0.543. The molecule has 148 valence electrons. The summed E-state index contributed by atoms with van der Waals surface area (Å²) >= 11 is 2.95. The normalized spacial score (nSPS) is 11.1. The molecule has 0 atom stereocenters. The summed E-state index contributed by atoms with van der Waals surface area (Å²) in [5, 5.41) is 15.8. The van der Waals surface area contributed by atoms with Gasteiger partial charge in [-0.15, -0.1) is 22.7 Å². The van der Waals surface area contributed by atoms with E-state index in [0.29, 0.717) is 22.4 Å². The number of nitrogens with zero attached hydrogens (tertiary/aromatic N) is 2. The van der Waals surface area contributed by atoms with E-state index in [1.165, 1.54) is 16.2 Å². The molecule has 3 aromatic rings. The van der Waals surface area contributed by atoms with Gasteiger partial charge in [-0.05, 0) is 41.8 Å². The SMILES string of the molecule is CC(C)Cc1cc(C(=O)Nc2nc(CC(=O)O)cs2)n(CCc2cccs2)c1. The number of anilines is 1. The topological polar surface area (TPSA) is 84.2 Å². The summed E-state index contributed by atoms with van der Waals surface area (Å²) in [5.74, 6) is -0.664. The number of carboxylic acids is 1. The molecule has 2 N–H and O–H groups in total. The largest absolute Gasteiger partial charge is 0.481 e. The van der Waals surface area contributed by atoms with Gasteiger partial charge >= 0.3 is 5.97 Å². The van der Waals surface area contributed by atoms with E-state index in [4.69, 9.17) is 5.11 Å². The number of aromatic nitrogens is 2. The van der Waals surface area contributed by atoms with Crippen molar-refractivity contribution in [3.63, 3.8) is 0 Å². The van der Waals surface area contributed by atoms with Crippen LogP contribution in [0.4, 0.5) is 5.13 Å². The first kappa shape index (κ1) is 20.3. The molecule has 6 nitrogen and oxygen atoms in total. The second-order valence-electron chi connectivity index (χ2n) is 7.02. The average Bonchev–Trinajstić information content (AvgIpc) is 3.33. The minimum Gasteiger partial charge on any atom is -0.481 e. The fourth-order valence-electron chi connectivity index (χ4n) is 2.98. The van der Waals surface area contributed by atoms with Crippen molar-refractivity contribution in [2.45, 2.75) is 39.7 Å². The van der Waals surface area contributed by atoms with Crippen LogP contribution in [-0.2, 0) is 30.6 Å². The van der Waals surface area contributed by atoms with Crippen molar-refractivity contribution < 1.29 is 14.7 Å². The summed E-state index contributed by atoms with van der Waals surface area (Å²) < 4.78 is 2.00. The monoisotopic (exact) mass is 417 g/mol. The molecule has 0 fully saturated rings. The van der Waals surface area contributed by atoms with Gasteiger partial charge in [0.05, 0.1) is 12.1 Å². The van der Waals surface area contributed by atoms with Crippen molar-refractivity contribution in [1.82, 2.24) is 9.55 Å². The Balaban J connectivity index is 1.75. The molecule has 28 heavy (non-hydrogen) atoms. The highest BCUT2D eigenvalue weighted by atomic mass is 32.1. The molecule has 8 heteroatoms. The fraction of sp³-hybridized carbons (Fsp3) is 0.350. The van der Waals surface area contributed by atoms with Gasteiger partial charge in [0.2, 0.25) is 0 Å². The maximum atomic E-state index is 12.8. The zero-order valence-electron chi connectivity index (χ0n) is 15.8. The molecular formula is C20H23N3O3S2. The lowest BCUT2D eigenvalue weighted by Gasteiger charge is -2.08. The zero-order valence-corrected chi connectivity index (χ0v) is 17.5. The van der Waals surface area contributed by atoms with Crippen LogP contribution >= 0.6 is 22.7 Å². The first-order valence-corrected chi connectivity index (χ1v) is 10.9. The zero-order chi connectivity index (χ0) is 20.1. The average molecular weight is 418 g/mol. The fourth-order valence-corrected chi connectivity index (χ4v) is 4.38.